The quantitative estimate of drug-likeness (QED) is 0.652. The predicted molar refractivity (Wildman–Crippen MR) is 50.4 cm³/mol. The third-order valence-electron chi connectivity index (χ3n) is 1.65. The van der Waals surface area contributed by atoms with Gasteiger partial charge < -0.3 is 9.52 Å². The average molecular weight is 234 g/mol. The van der Waals surface area contributed by atoms with Crippen LogP contribution in [-0.4, -0.2) is 19.5 Å². The highest BCUT2D eigenvalue weighted by Gasteiger charge is 2.14. The molecule has 0 unspecified atom stereocenters. The predicted octanol–water partition coefficient (Wildman–Crippen LogP) is -0.421. The van der Waals surface area contributed by atoms with Crippen LogP contribution in [0.15, 0.2) is 10.5 Å². The highest BCUT2D eigenvalue weighted by molar-refractivity contribution is 7.87. The van der Waals surface area contributed by atoms with Crippen LogP contribution >= 0.6 is 0 Å². The lowest BCUT2D eigenvalue weighted by molar-refractivity contribution is 0.0695. The first kappa shape index (κ1) is 11.7. The summed E-state index contributed by atoms with van der Waals surface area (Å²) in [6.45, 7) is 1.30. The molecule has 0 aliphatic heterocycles. The number of carboxylic acids is 1. The molecule has 1 rings (SSSR count). The van der Waals surface area contributed by atoms with Gasteiger partial charge in [-0.3, -0.25) is 0 Å². The number of aryl methyl sites for hydroxylation is 1. The van der Waals surface area contributed by atoms with Gasteiger partial charge in [-0.05, 0) is 13.0 Å². The zero-order chi connectivity index (χ0) is 11.6. The molecule has 0 atom stereocenters. The molecule has 0 radical (unpaired) electrons. The molecule has 0 saturated carbocycles. The number of aromatic carboxylic acids is 1. The minimum Gasteiger partial charge on any atom is -0.478 e. The Labute approximate surface area is 86.1 Å². The topological polar surface area (TPSA) is 123 Å². The summed E-state index contributed by atoms with van der Waals surface area (Å²) in [6, 6.07) is 1.25. The van der Waals surface area contributed by atoms with Crippen molar-refractivity contribution < 1.29 is 22.7 Å². The Hall–Kier alpha value is -1.38. The van der Waals surface area contributed by atoms with Gasteiger partial charge in [0.25, 0.3) is 10.2 Å². The Morgan fingerprint density at radius 3 is 2.67 bits per heavy atom. The van der Waals surface area contributed by atoms with E-state index in [0.29, 0.717) is 0 Å². The van der Waals surface area contributed by atoms with E-state index in [4.69, 9.17) is 14.7 Å². The van der Waals surface area contributed by atoms with Crippen LogP contribution in [0.25, 0.3) is 0 Å². The van der Waals surface area contributed by atoms with E-state index in [2.05, 4.69) is 0 Å². The molecule has 8 heteroatoms. The van der Waals surface area contributed by atoms with E-state index in [0.717, 1.165) is 0 Å². The van der Waals surface area contributed by atoms with Crippen LogP contribution in [0.1, 0.15) is 21.9 Å². The minimum atomic E-state index is -3.80. The van der Waals surface area contributed by atoms with Gasteiger partial charge in [0.15, 0.2) is 0 Å². The maximum Gasteiger partial charge on any atom is 0.339 e. The summed E-state index contributed by atoms with van der Waals surface area (Å²) in [6.07, 6.45) is 0. The molecule has 1 aromatic heterocycles. The molecule has 0 fully saturated rings. The smallest absolute Gasteiger partial charge is 0.339 e. The van der Waals surface area contributed by atoms with Gasteiger partial charge in [-0.2, -0.15) is 13.1 Å². The van der Waals surface area contributed by atoms with Gasteiger partial charge in [0.2, 0.25) is 0 Å². The number of furan rings is 1. The lowest BCUT2D eigenvalue weighted by Gasteiger charge is -1.97. The van der Waals surface area contributed by atoms with Gasteiger partial charge in [0, 0.05) is 0 Å². The monoisotopic (exact) mass is 234 g/mol. The Kier molecular flexibility index (Phi) is 3.12. The van der Waals surface area contributed by atoms with Crippen LogP contribution in [0, 0.1) is 6.92 Å². The minimum absolute atomic E-state index is 0.00113. The van der Waals surface area contributed by atoms with Crippen LogP contribution in [0.4, 0.5) is 0 Å². The van der Waals surface area contributed by atoms with Crippen molar-refractivity contribution in [1.29, 1.82) is 0 Å². The van der Waals surface area contributed by atoms with Crippen molar-refractivity contribution in [2.45, 2.75) is 13.5 Å². The van der Waals surface area contributed by atoms with E-state index in [9.17, 15) is 13.2 Å². The first-order valence-electron chi connectivity index (χ1n) is 3.89. The first-order chi connectivity index (χ1) is 6.79. The van der Waals surface area contributed by atoms with Crippen LogP contribution in [0.3, 0.4) is 0 Å². The fourth-order valence-electron chi connectivity index (χ4n) is 1.01. The molecule has 4 N–H and O–H groups in total. The fourth-order valence-corrected chi connectivity index (χ4v) is 1.36. The van der Waals surface area contributed by atoms with Gasteiger partial charge in [0.05, 0.1) is 6.54 Å². The maximum absolute atomic E-state index is 10.6. The zero-order valence-electron chi connectivity index (χ0n) is 7.85. The summed E-state index contributed by atoms with van der Waals surface area (Å²) >= 11 is 0. The molecule has 0 bridgehead atoms. The largest absolute Gasteiger partial charge is 0.478 e. The van der Waals surface area contributed by atoms with E-state index in [1.807, 2.05) is 4.72 Å². The second-order valence-corrected chi connectivity index (χ2v) is 4.23. The lowest BCUT2D eigenvalue weighted by Crippen LogP contribution is -2.30. The van der Waals surface area contributed by atoms with Crippen molar-refractivity contribution in [3.8, 4) is 0 Å². The molecule has 1 aromatic rings. The van der Waals surface area contributed by atoms with E-state index in [1.165, 1.54) is 13.0 Å². The second-order valence-electron chi connectivity index (χ2n) is 2.85. The average Bonchev–Trinajstić information content (AvgIpc) is 2.42. The number of nitrogens with one attached hydrogen (secondary N) is 1. The number of carboxylic acid groups (broad SMARTS) is 1. The van der Waals surface area contributed by atoms with E-state index < -0.39 is 16.2 Å². The van der Waals surface area contributed by atoms with Crippen molar-refractivity contribution >= 4 is 16.2 Å². The van der Waals surface area contributed by atoms with Crippen molar-refractivity contribution in [2.75, 3.05) is 0 Å². The maximum atomic E-state index is 10.6. The molecule has 0 spiro atoms. The Bertz CT molecular complexity index is 476. The highest BCUT2D eigenvalue weighted by atomic mass is 32.2. The number of hydrogen-bond donors (Lipinski definition) is 3. The Balaban J connectivity index is 2.81. The van der Waals surface area contributed by atoms with Gasteiger partial charge >= 0.3 is 5.97 Å². The molecule has 0 amide bonds. The van der Waals surface area contributed by atoms with Crippen LogP contribution < -0.4 is 9.86 Å². The molecule has 7 nitrogen and oxygen atoms in total. The number of carbonyl (C=O) groups is 1. The van der Waals surface area contributed by atoms with Crippen LogP contribution in [-0.2, 0) is 16.8 Å². The molecule has 1 heterocycles. The third kappa shape index (κ3) is 3.35. The third-order valence-corrected chi connectivity index (χ3v) is 2.19. The number of nitrogens with two attached hydrogens (primary N) is 1. The molecule has 0 aliphatic carbocycles. The fraction of sp³-hybridized carbons (Fsp3) is 0.286. The van der Waals surface area contributed by atoms with Crippen molar-refractivity contribution in [1.82, 2.24) is 4.72 Å². The van der Waals surface area contributed by atoms with Gasteiger partial charge in [-0.15, -0.1) is 0 Å². The zero-order valence-corrected chi connectivity index (χ0v) is 8.67. The summed E-state index contributed by atoms with van der Waals surface area (Å²) in [5, 5.41) is 13.4. The first-order valence-corrected chi connectivity index (χ1v) is 5.44. The lowest BCUT2D eigenvalue weighted by atomic mass is 10.2. The molecular formula is C7H10N2O5S. The summed E-state index contributed by atoms with van der Waals surface area (Å²) in [5.41, 5.74) is 0.00113. The Morgan fingerprint density at radius 2 is 2.27 bits per heavy atom. The number of hydrogen-bond acceptors (Lipinski definition) is 4. The molecule has 0 aliphatic rings. The SMILES string of the molecule is Cc1oc(CNS(N)(=O)=O)cc1C(=O)O. The van der Waals surface area contributed by atoms with Crippen molar-refractivity contribution in [3.05, 3.63) is 23.2 Å². The van der Waals surface area contributed by atoms with E-state index in [-0.39, 0.29) is 23.6 Å². The van der Waals surface area contributed by atoms with Gasteiger partial charge in [-0.1, -0.05) is 0 Å². The molecule has 15 heavy (non-hydrogen) atoms. The molecule has 84 valence electrons. The van der Waals surface area contributed by atoms with E-state index >= 15 is 0 Å². The van der Waals surface area contributed by atoms with Crippen molar-refractivity contribution in [2.24, 2.45) is 5.14 Å². The molecular weight excluding hydrogens is 224 g/mol. The van der Waals surface area contributed by atoms with Crippen LogP contribution in [0.2, 0.25) is 0 Å². The van der Waals surface area contributed by atoms with E-state index in [1.54, 1.807) is 0 Å². The van der Waals surface area contributed by atoms with Crippen LogP contribution in [0.5, 0.6) is 0 Å². The summed E-state index contributed by atoms with van der Waals surface area (Å²) in [5.74, 6) is -0.717. The highest BCUT2D eigenvalue weighted by Crippen LogP contribution is 2.14. The summed E-state index contributed by atoms with van der Waals surface area (Å²) in [4.78, 5) is 10.6. The standard InChI is InChI=1S/C7H10N2O5S/c1-4-6(7(10)11)2-5(14-4)3-9-15(8,12)13/h2,9H,3H2,1H3,(H,10,11)(H2,8,12,13). The van der Waals surface area contributed by atoms with Gasteiger partial charge in [-0.25, -0.2) is 9.93 Å². The Morgan fingerprint density at radius 1 is 1.67 bits per heavy atom. The molecule has 0 aromatic carbocycles. The second kappa shape index (κ2) is 4.01. The number of rotatable bonds is 4. The molecule has 0 saturated heterocycles. The summed E-state index contributed by atoms with van der Waals surface area (Å²) in [7, 11) is -3.80. The summed E-state index contributed by atoms with van der Waals surface area (Å²) < 4.78 is 28.1. The normalized spacial score (nSPS) is 11.6. The van der Waals surface area contributed by atoms with Crippen molar-refractivity contribution in [3.63, 3.8) is 0 Å². The van der Waals surface area contributed by atoms with Gasteiger partial charge in [0.1, 0.15) is 17.1 Å².